The fraction of sp³-hybridized carbons (Fsp3) is 0.333. The number of aryl methyl sites for hydroxylation is 1. The Balaban J connectivity index is -0.000000167. The molecule has 0 saturated heterocycles. The Kier molecular flexibility index (Phi) is 17.9. The summed E-state index contributed by atoms with van der Waals surface area (Å²) in [6.07, 6.45) is 0. The van der Waals surface area contributed by atoms with E-state index in [2.05, 4.69) is 30.5 Å². The zero-order valence-electron chi connectivity index (χ0n) is 9.84. The molecule has 0 unspecified atom stereocenters. The van der Waals surface area contributed by atoms with Crippen molar-refractivity contribution in [2.45, 2.75) is 6.92 Å². The molecule has 96 valence electrons. The van der Waals surface area contributed by atoms with Crippen molar-refractivity contribution < 1.29 is 29.0 Å². The first-order valence-corrected chi connectivity index (χ1v) is 5.82. The molecule has 1 rings (SSSR count). The van der Waals surface area contributed by atoms with Crippen molar-refractivity contribution in [2.75, 3.05) is 14.1 Å². The molecule has 0 radical (unpaired) electrons. The normalized spacial score (nSPS) is 8.19. The third-order valence-corrected chi connectivity index (χ3v) is 0.940. The molecular formula is C9H20N2O4S. The molecular weight excluding hydrogens is 232 g/mol. The highest BCUT2D eigenvalue weighted by Crippen LogP contribution is 1.92. The van der Waals surface area contributed by atoms with E-state index in [1.54, 1.807) is 14.1 Å². The molecule has 7 heteroatoms. The van der Waals surface area contributed by atoms with Crippen molar-refractivity contribution in [1.82, 2.24) is 0 Å². The van der Waals surface area contributed by atoms with Crippen LogP contribution >= 0.6 is 0 Å². The van der Waals surface area contributed by atoms with E-state index in [9.17, 15) is 0 Å². The van der Waals surface area contributed by atoms with Gasteiger partial charge in [-0.1, -0.05) is 35.9 Å². The molecule has 0 bridgehead atoms. The second-order valence-electron chi connectivity index (χ2n) is 2.06. The van der Waals surface area contributed by atoms with E-state index in [4.69, 9.17) is 17.5 Å². The van der Waals surface area contributed by atoms with Crippen molar-refractivity contribution >= 4 is 10.4 Å². The molecule has 0 atom stereocenters. The largest absolute Gasteiger partial charge is 0.759 e. The summed E-state index contributed by atoms with van der Waals surface area (Å²) in [5.41, 5.74) is 7.82. The molecule has 1 aromatic carbocycles. The lowest BCUT2D eigenvalue weighted by Crippen LogP contribution is -2.40. The Hall–Kier alpha value is -0.990. The predicted molar refractivity (Wildman–Crippen MR) is 59.3 cm³/mol. The molecule has 0 amide bonds. The summed E-state index contributed by atoms with van der Waals surface area (Å²) in [4.78, 5) is 0. The van der Waals surface area contributed by atoms with Crippen molar-refractivity contribution in [3.05, 3.63) is 35.9 Å². The van der Waals surface area contributed by atoms with Gasteiger partial charge >= 0.3 is 0 Å². The maximum atomic E-state index is 8.52. The van der Waals surface area contributed by atoms with E-state index in [1.807, 2.05) is 18.2 Å². The van der Waals surface area contributed by atoms with Gasteiger partial charge in [-0.3, -0.25) is 8.42 Å². The number of benzene rings is 1. The van der Waals surface area contributed by atoms with Gasteiger partial charge in [0.2, 0.25) is 0 Å². The predicted octanol–water partition coefficient (Wildman–Crippen LogP) is -1.63. The number of hydrogen-bond donors (Lipinski definition) is 2. The van der Waals surface area contributed by atoms with Crippen LogP contribution in [0.4, 0.5) is 0 Å². The van der Waals surface area contributed by atoms with Crippen LogP contribution in [0.5, 0.6) is 0 Å². The summed E-state index contributed by atoms with van der Waals surface area (Å²) in [5, 5.41) is 0. The second-order valence-corrected chi connectivity index (χ2v) is 2.88. The Morgan fingerprint density at radius 2 is 1.19 bits per heavy atom. The number of hydrogen-bond acceptors (Lipinski definition) is 4. The maximum absolute atomic E-state index is 8.52. The molecule has 0 heterocycles. The van der Waals surface area contributed by atoms with Gasteiger partial charge in [0, 0.05) is 10.4 Å². The highest BCUT2D eigenvalue weighted by molar-refractivity contribution is 7.79. The second kappa shape index (κ2) is 14.0. The summed E-state index contributed by atoms with van der Waals surface area (Å²) in [6.45, 7) is 2.08. The van der Waals surface area contributed by atoms with Gasteiger partial charge in [0.05, 0.1) is 14.1 Å². The van der Waals surface area contributed by atoms with Gasteiger partial charge in [-0.05, 0) is 6.92 Å². The first-order valence-electron chi connectivity index (χ1n) is 4.49. The Labute approximate surface area is 96.9 Å². The molecule has 0 aromatic heterocycles. The Morgan fingerprint density at radius 1 is 0.938 bits per heavy atom. The van der Waals surface area contributed by atoms with Crippen LogP contribution in [0.2, 0.25) is 0 Å². The van der Waals surface area contributed by atoms with Crippen molar-refractivity contribution in [3.63, 3.8) is 0 Å². The quantitative estimate of drug-likeness (QED) is 0.423. The lowest BCUT2D eigenvalue weighted by molar-refractivity contribution is -0.325. The zero-order chi connectivity index (χ0) is 13.6. The number of rotatable bonds is 0. The van der Waals surface area contributed by atoms with Gasteiger partial charge in [0.15, 0.2) is 0 Å². The minimum Gasteiger partial charge on any atom is -0.759 e. The van der Waals surface area contributed by atoms with E-state index >= 15 is 0 Å². The molecule has 0 saturated carbocycles. The first kappa shape index (κ1) is 20.4. The number of quaternary nitrogens is 2. The molecule has 0 aliphatic heterocycles. The van der Waals surface area contributed by atoms with Gasteiger partial charge in [-0.25, -0.2) is 0 Å². The van der Waals surface area contributed by atoms with E-state index in [0.29, 0.717) is 0 Å². The van der Waals surface area contributed by atoms with Gasteiger partial charge in [0.25, 0.3) is 0 Å². The zero-order valence-corrected chi connectivity index (χ0v) is 10.7. The van der Waals surface area contributed by atoms with E-state index in [0.717, 1.165) is 0 Å². The van der Waals surface area contributed by atoms with Gasteiger partial charge in [0.1, 0.15) is 0 Å². The summed E-state index contributed by atoms with van der Waals surface area (Å²) in [6, 6.07) is 10.3. The molecule has 0 aliphatic rings. The molecule has 0 spiro atoms. The lowest BCUT2D eigenvalue weighted by Gasteiger charge is -2.06. The Morgan fingerprint density at radius 3 is 1.31 bits per heavy atom. The highest BCUT2D eigenvalue weighted by atomic mass is 32.3. The molecule has 1 aromatic rings. The topological polar surface area (TPSA) is 136 Å². The third kappa shape index (κ3) is 38.2. The fourth-order valence-corrected chi connectivity index (χ4v) is 0.534. The molecule has 6 N–H and O–H groups in total. The van der Waals surface area contributed by atoms with Gasteiger partial charge in [-0.15, -0.1) is 0 Å². The van der Waals surface area contributed by atoms with Crippen molar-refractivity contribution in [3.8, 4) is 0 Å². The summed E-state index contributed by atoms with van der Waals surface area (Å²) in [7, 11) is -1.67. The average Bonchev–Trinajstić information content (AvgIpc) is 2.22. The van der Waals surface area contributed by atoms with Crippen LogP contribution < -0.4 is 11.5 Å². The van der Waals surface area contributed by atoms with Crippen molar-refractivity contribution in [2.24, 2.45) is 0 Å². The molecule has 16 heavy (non-hydrogen) atoms. The van der Waals surface area contributed by atoms with Gasteiger partial charge in [-0.2, -0.15) is 0 Å². The van der Waals surface area contributed by atoms with E-state index in [-0.39, 0.29) is 0 Å². The van der Waals surface area contributed by atoms with Crippen LogP contribution in [0.3, 0.4) is 0 Å². The Bertz CT molecular complexity index is 306. The monoisotopic (exact) mass is 252 g/mol. The SMILES string of the molecule is C[NH3+].C[NH3+].Cc1ccccc1.O=S(=O)([O-])[O-]. The van der Waals surface area contributed by atoms with Crippen LogP contribution in [0.15, 0.2) is 30.3 Å². The van der Waals surface area contributed by atoms with Crippen LogP contribution in [-0.2, 0) is 10.4 Å². The van der Waals surface area contributed by atoms with Gasteiger partial charge < -0.3 is 20.6 Å². The standard InChI is InChI=1S/C7H8.2CH5N.H2O4S/c1-7-5-3-2-4-6-7;2*1-2;1-5(2,3)4/h2-6H,1H3;2*2H2,1H3;(H2,1,2,3,4). The van der Waals surface area contributed by atoms with E-state index < -0.39 is 10.4 Å². The van der Waals surface area contributed by atoms with Crippen molar-refractivity contribution in [1.29, 1.82) is 0 Å². The average molecular weight is 252 g/mol. The lowest BCUT2D eigenvalue weighted by atomic mass is 10.2. The van der Waals surface area contributed by atoms with Crippen LogP contribution in [0.25, 0.3) is 0 Å². The summed E-state index contributed by atoms with van der Waals surface area (Å²) in [5.74, 6) is 0. The molecule has 6 nitrogen and oxygen atoms in total. The maximum Gasteiger partial charge on any atom is 0.0634 e. The molecule has 0 aliphatic carbocycles. The first-order chi connectivity index (χ1) is 7.39. The minimum atomic E-state index is -5.17. The van der Waals surface area contributed by atoms with Crippen LogP contribution in [0, 0.1) is 6.92 Å². The highest BCUT2D eigenvalue weighted by Gasteiger charge is 1.72. The smallest absolute Gasteiger partial charge is 0.0634 e. The van der Waals surface area contributed by atoms with Crippen LogP contribution in [0.1, 0.15) is 5.56 Å². The molecule has 0 fully saturated rings. The summed E-state index contributed by atoms with van der Waals surface area (Å²) >= 11 is 0. The van der Waals surface area contributed by atoms with Crippen LogP contribution in [-0.4, -0.2) is 31.6 Å². The van der Waals surface area contributed by atoms with E-state index in [1.165, 1.54) is 5.56 Å². The minimum absolute atomic E-state index is 1.32. The fourth-order valence-electron chi connectivity index (χ4n) is 0.534. The summed E-state index contributed by atoms with van der Waals surface area (Å²) < 4.78 is 34.1. The third-order valence-electron chi connectivity index (χ3n) is 0.940.